The molecule has 1 aliphatic rings. The number of hydrogen-bond donors (Lipinski definition) is 1. The molecular formula is C20H22N2O3. The number of hydrogen-bond acceptors (Lipinski definition) is 3. The maximum atomic E-state index is 12.6. The Hall–Kier alpha value is -2.82. The number of carbonyl (C=O) groups excluding carboxylic acids is 2. The molecule has 0 aliphatic carbocycles. The van der Waals surface area contributed by atoms with E-state index in [9.17, 15) is 9.59 Å². The maximum Gasteiger partial charge on any atom is 0.255 e. The van der Waals surface area contributed by atoms with E-state index in [2.05, 4.69) is 5.32 Å². The van der Waals surface area contributed by atoms with E-state index < -0.39 is 0 Å². The van der Waals surface area contributed by atoms with Crippen molar-refractivity contribution in [3.8, 4) is 5.75 Å². The largest absolute Gasteiger partial charge is 0.497 e. The Labute approximate surface area is 147 Å². The molecule has 1 fully saturated rings. The number of nitrogens with one attached hydrogen (secondary N) is 1. The van der Waals surface area contributed by atoms with Crippen LogP contribution in [0.1, 0.15) is 40.0 Å². The molecule has 0 spiro atoms. The Morgan fingerprint density at radius 2 is 1.64 bits per heavy atom. The van der Waals surface area contributed by atoms with E-state index in [1.165, 1.54) is 6.42 Å². The third kappa shape index (κ3) is 4.18. The zero-order chi connectivity index (χ0) is 17.6. The van der Waals surface area contributed by atoms with Gasteiger partial charge < -0.3 is 15.0 Å². The molecule has 2 aromatic carbocycles. The third-order valence-electron chi connectivity index (χ3n) is 4.36. The van der Waals surface area contributed by atoms with Crippen LogP contribution in [0.15, 0.2) is 48.5 Å². The van der Waals surface area contributed by atoms with Crippen LogP contribution in [-0.2, 0) is 0 Å². The Bertz CT molecular complexity index is 750. The van der Waals surface area contributed by atoms with Gasteiger partial charge in [-0.1, -0.05) is 6.07 Å². The Morgan fingerprint density at radius 3 is 2.32 bits per heavy atom. The lowest BCUT2D eigenvalue weighted by Crippen LogP contribution is -2.35. The molecule has 0 radical (unpaired) electrons. The molecule has 0 saturated carbocycles. The van der Waals surface area contributed by atoms with Crippen molar-refractivity contribution in [2.45, 2.75) is 19.3 Å². The third-order valence-corrected chi connectivity index (χ3v) is 4.36. The summed E-state index contributed by atoms with van der Waals surface area (Å²) in [6.07, 6.45) is 3.26. The molecule has 5 heteroatoms. The first kappa shape index (κ1) is 17.0. The summed E-state index contributed by atoms with van der Waals surface area (Å²) in [7, 11) is 1.60. The fraction of sp³-hybridized carbons (Fsp3) is 0.300. The molecule has 1 aliphatic heterocycles. The van der Waals surface area contributed by atoms with Crippen LogP contribution in [-0.4, -0.2) is 36.9 Å². The number of carbonyl (C=O) groups is 2. The van der Waals surface area contributed by atoms with Crippen LogP contribution in [0.5, 0.6) is 5.75 Å². The molecule has 0 bridgehead atoms. The number of rotatable bonds is 4. The van der Waals surface area contributed by atoms with E-state index in [0.717, 1.165) is 31.7 Å². The van der Waals surface area contributed by atoms with Gasteiger partial charge in [-0.25, -0.2) is 0 Å². The highest BCUT2D eigenvalue weighted by Crippen LogP contribution is 2.17. The number of amides is 2. The van der Waals surface area contributed by atoms with Gasteiger partial charge in [0.1, 0.15) is 5.75 Å². The highest BCUT2D eigenvalue weighted by Gasteiger charge is 2.19. The molecule has 3 rings (SSSR count). The summed E-state index contributed by atoms with van der Waals surface area (Å²) < 4.78 is 5.10. The number of nitrogens with zero attached hydrogens (tertiary/aromatic N) is 1. The van der Waals surface area contributed by atoms with Gasteiger partial charge in [-0.05, 0) is 61.7 Å². The summed E-state index contributed by atoms with van der Waals surface area (Å²) in [4.78, 5) is 26.9. The Balaban J connectivity index is 1.71. The second-order valence-corrected chi connectivity index (χ2v) is 6.12. The Morgan fingerprint density at radius 1 is 0.960 bits per heavy atom. The van der Waals surface area contributed by atoms with E-state index in [4.69, 9.17) is 4.74 Å². The van der Waals surface area contributed by atoms with Crippen LogP contribution in [0.4, 0.5) is 5.69 Å². The lowest BCUT2D eigenvalue weighted by molar-refractivity contribution is 0.0724. The van der Waals surface area contributed by atoms with Crippen LogP contribution < -0.4 is 10.1 Å². The van der Waals surface area contributed by atoms with E-state index in [-0.39, 0.29) is 11.8 Å². The van der Waals surface area contributed by atoms with E-state index in [1.54, 1.807) is 55.6 Å². The number of ether oxygens (including phenoxy) is 1. The van der Waals surface area contributed by atoms with Crippen molar-refractivity contribution in [1.82, 2.24) is 4.90 Å². The van der Waals surface area contributed by atoms with Crippen molar-refractivity contribution < 1.29 is 14.3 Å². The van der Waals surface area contributed by atoms with Gasteiger partial charge in [0.2, 0.25) is 0 Å². The molecule has 0 unspecified atom stereocenters. The predicted octanol–water partition coefficient (Wildman–Crippen LogP) is 3.57. The minimum atomic E-state index is -0.238. The van der Waals surface area contributed by atoms with Crippen molar-refractivity contribution in [1.29, 1.82) is 0 Å². The van der Waals surface area contributed by atoms with Gasteiger partial charge in [-0.2, -0.15) is 0 Å². The molecule has 2 aromatic rings. The zero-order valence-electron chi connectivity index (χ0n) is 14.3. The number of anilines is 1. The summed E-state index contributed by atoms with van der Waals surface area (Å²) in [6.45, 7) is 1.59. The fourth-order valence-electron chi connectivity index (χ4n) is 2.95. The number of benzene rings is 2. The first-order chi connectivity index (χ1) is 12.2. The minimum absolute atomic E-state index is 0.00111. The molecule has 0 atom stereocenters. The maximum absolute atomic E-state index is 12.6. The fourth-order valence-corrected chi connectivity index (χ4v) is 2.95. The lowest BCUT2D eigenvalue weighted by atomic mass is 10.1. The molecular weight excluding hydrogens is 316 g/mol. The molecule has 25 heavy (non-hydrogen) atoms. The first-order valence-corrected chi connectivity index (χ1v) is 8.52. The van der Waals surface area contributed by atoms with Crippen LogP contribution in [0, 0.1) is 0 Å². The molecule has 0 aromatic heterocycles. The van der Waals surface area contributed by atoms with E-state index >= 15 is 0 Å². The van der Waals surface area contributed by atoms with Gasteiger partial charge in [-0.15, -0.1) is 0 Å². The second-order valence-electron chi connectivity index (χ2n) is 6.12. The highest BCUT2D eigenvalue weighted by atomic mass is 16.5. The van der Waals surface area contributed by atoms with Crippen molar-refractivity contribution in [2.24, 2.45) is 0 Å². The van der Waals surface area contributed by atoms with Crippen molar-refractivity contribution in [2.75, 3.05) is 25.5 Å². The molecule has 130 valence electrons. The highest BCUT2D eigenvalue weighted by molar-refractivity contribution is 6.06. The van der Waals surface area contributed by atoms with Gasteiger partial charge >= 0.3 is 0 Å². The summed E-state index contributed by atoms with van der Waals surface area (Å²) in [5.41, 5.74) is 1.71. The predicted molar refractivity (Wildman–Crippen MR) is 97.1 cm³/mol. The average Bonchev–Trinajstić information content (AvgIpc) is 2.68. The number of piperidine rings is 1. The number of methoxy groups -OCH3 is 1. The Kier molecular flexibility index (Phi) is 5.33. The van der Waals surface area contributed by atoms with Gasteiger partial charge in [0, 0.05) is 29.9 Å². The monoisotopic (exact) mass is 338 g/mol. The standard InChI is InChI=1S/C20H22N2O3/c1-25-18-10-8-17(9-11-18)21-19(23)15-6-5-7-16(14-15)20(24)22-12-3-2-4-13-22/h5-11,14H,2-4,12-13H2,1H3,(H,21,23). The van der Waals surface area contributed by atoms with E-state index in [0.29, 0.717) is 16.8 Å². The van der Waals surface area contributed by atoms with Crippen molar-refractivity contribution in [3.05, 3.63) is 59.7 Å². The van der Waals surface area contributed by atoms with Gasteiger partial charge in [0.25, 0.3) is 11.8 Å². The lowest BCUT2D eigenvalue weighted by Gasteiger charge is -2.26. The minimum Gasteiger partial charge on any atom is -0.497 e. The van der Waals surface area contributed by atoms with Crippen molar-refractivity contribution in [3.63, 3.8) is 0 Å². The molecule has 1 heterocycles. The van der Waals surface area contributed by atoms with Crippen molar-refractivity contribution >= 4 is 17.5 Å². The summed E-state index contributed by atoms with van der Waals surface area (Å²) >= 11 is 0. The summed E-state index contributed by atoms with van der Waals surface area (Å²) in [6, 6.07) is 14.0. The van der Waals surface area contributed by atoms with Crippen LogP contribution in [0.3, 0.4) is 0 Å². The van der Waals surface area contributed by atoms with Crippen LogP contribution in [0.2, 0.25) is 0 Å². The zero-order valence-corrected chi connectivity index (χ0v) is 14.3. The van der Waals surface area contributed by atoms with Gasteiger partial charge in [0.15, 0.2) is 0 Å². The quantitative estimate of drug-likeness (QED) is 0.927. The first-order valence-electron chi connectivity index (χ1n) is 8.52. The van der Waals surface area contributed by atoms with Gasteiger partial charge in [-0.3, -0.25) is 9.59 Å². The van der Waals surface area contributed by atoms with Gasteiger partial charge in [0.05, 0.1) is 7.11 Å². The topological polar surface area (TPSA) is 58.6 Å². The molecule has 1 N–H and O–H groups in total. The average molecular weight is 338 g/mol. The van der Waals surface area contributed by atoms with E-state index in [1.807, 2.05) is 4.90 Å². The SMILES string of the molecule is COc1ccc(NC(=O)c2cccc(C(=O)N3CCCCC3)c2)cc1. The summed E-state index contributed by atoms with van der Waals surface area (Å²) in [5.74, 6) is 0.490. The molecule has 2 amide bonds. The smallest absolute Gasteiger partial charge is 0.255 e. The number of likely N-dealkylation sites (tertiary alicyclic amines) is 1. The molecule has 1 saturated heterocycles. The molecule has 5 nitrogen and oxygen atoms in total. The van der Waals surface area contributed by atoms with Crippen LogP contribution in [0.25, 0.3) is 0 Å². The normalized spacial score (nSPS) is 14.0. The second kappa shape index (κ2) is 7.83. The van der Waals surface area contributed by atoms with Crippen LogP contribution >= 0.6 is 0 Å². The summed E-state index contributed by atoms with van der Waals surface area (Å²) in [5, 5.41) is 2.84.